The highest BCUT2D eigenvalue weighted by Gasteiger charge is 2.15. The second-order valence-corrected chi connectivity index (χ2v) is 6.97. The van der Waals surface area contributed by atoms with Crippen molar-refractivity contribution in [1.82, 2.24) is 14.8 Å². The third-order valence-electron chi connectivity index (χ3n) is 3.90. The molecule has 140 valence electrons. The van der Waals surface area contributed by atoms with E-state index in [9.17, 15) is 4.79 Å². The van der Waals surface area contributed by atoms with Crippen molar-refractivity contribution in [3.8, 4) is 11.4 Å². The Hall–Kier alpha value is -2.64. The zero-order chi connectivity index (χ0) is 19.1. The lowest BCUT2D eigenvalue weighted by atomic mass is 10.2. The summed E-state index contributed by atoms with van der Waals surface area (Å²) in [7, 11) is 1.66. The summed E-state index contributed by atoms with van der Waals surface area (Å²) < 4.78 is 7.20. The van der Waals surface area contributed by atoms with Crippen LogP contribution in [0.15, 0.2) is 59.8 Å². The van der Waals surface area contributed by atoms with Gasteiger partial charge in [0.05, 0.1) is 18.9 Å². The fourth-order valence-corrected chi connectivity index (χ4v) is 3.39. The molecule has 0 unspecified atom stereocenters. The molecule has 27 heavy (non-hydrogen) atoms. The van der Waals surface area contributed by atoms with Crippen LogP contribution in [0, 0.1) is 6.92 Å². The van der Waals surface area contributed by atoms with Crippen LogP contribution in [0.25, 0.3) is 11.4 Å². The Morgan fingerprint density at radius 3 is 2.70 bits per heavy atom. The summed E-state index contributed by atoms with van der Waals surface area (Å²) in [6.07, 6.45) is 0. The van der Waals surface area contributed by atoms with Crippen LogP contribution in [0.3, 0.4) is 0 Å². The highest BCUT2D eigenvalue weighted by atomic mass is 32.2. The number of anilines is 1. The average molecular weight is 382 g/mol. The number of carbonyl (C=O) groups is 1. The van der Waals surface area contributed by atoms with E-state index in [2.05, 4.69) is 15.5 Å². The van der Waals surface area contributed by atoms with Gasteiger partial charge in [0, 0.05) is 18.4 Å². The second-order valence-electron chi connectivity index (χ2n) is 6.02. The Bertz CT molecular complexity index is 896. The van der Waals surface area contributed by atoms with Gasteiger partial charge in [-0.2, -0.15) is 0 Å². The molecule has 1 heterocycles. The number of ether oxygens (including phenoxy) is 1. The molecule has 0 atom stereocenters. The number of hydrogen-bond donors (Lipinski definition) is 1. The van der Waals surface area contributed by atoms with Gasteiger partial charge in [-0.15, -0.1) is 10.2 Å². The van der Waals surface area contributed by atoms with Gasteiger partial charge in [-0.05, 0) is 24.6 Å². The molecule has 0 aliphatic rings. The molecular weight excluding hydrogens is 360 g/mol. The van der Waals surface area contributed by atoms with E-state index in [1.54, 1.807) is 7.11 Å². The zero-order valence-corrected chi connectivity index (χ0v) is 16.2. The number of hydrogen-bond acceptors (Lipinski definition) is 5. The molecule has 1 amide bonds. The first-order chi connectivity index (χ1) is 13.2. The molecule has 0 radical (unpaired) electrons. The molecule has 1 aromatic heterocycles. The van der Waals surface area contributed by atoms with E-state index in [1.807, 2.05) is 66.1 Å². The van der Waals surface area contributed by atoms with Crippen molar-refractivity contribution >= 4 is 23.4 Å². The normalized spacial score (nSPS) is 10.7. The molecule has 0 spiro atoms. The number of aromatic nitrogens is 3. The van der Waals surface area contributed by atoms with Gasteiger partial charge in [-0.3, -0.25) is 9.36 Å². The van der Waals surface area contributed by atoms with Gasteiger partial charge < -0.3 is 10.1 Å². The minimum absolute atomic E-state index is 0.0758. The van der Waals surface area contributed by atoms with Crippen LogP contribution in [0.4, 0.5) is 5.69 Å². The number of carbonyl (C=O) groups excluding carboxylic acids is 1. The molecule has 2 aromatic carbocycles. The smallest absolute Gasteiger partial charge is 0.234 e. The fraction of sp³-hybridized carbons (Fsp3) is 0.250. The Morgan fingerprint density at radius 1 is 1.15 bits per heavy atom. The van der Waals surface area contributed by atoms with E-state index < -0.39 is 0 Å². The molecule has 6 nitrogen and oxygen atoms in total. The van der Waals surface area contributed by atoms with Crippen LogP contribution >= 0.6 is 11.8 Å². The largest absolute Gasteiger partial charge is 0.383 e. The minimum atomic E-state index is -0.0758. The third kappa shape index (κ3) is 5.18. The Morgan fingerprint density at radius 2 is 1.96 bits per heavy atom. The quantitative estimate of drug-likeness (QED) is 0.603. The Labute approximate surface area is 163 Å². The highest BCUT2D eigenvalue weighted by Crippen LogP contribution is 2.24. The summed E-state index contributed by atoms with van der Waals surface area (Å²) in [5, 5.41) is 12.2. The minimum Gasteiger partial charge on any atom is -0.383 e. The first-order valence-electron chi connectivity index (χ1n) is 8.64. The summed E-state index contributed by atoms with van der Waals surface area (Å²) in [6, 6.07) is 17.6. The van der Waals surface area contributed by atoms with Gasteiger partial charge >= 0.3 is 0 Å². The predicted molar refractivity (Wildman–Crippen MR) is 108 cm³/mol. The maximum atomic E-state index is 12.3. The molecule has 0 fully saturated rings. The van der Waals surface area contributed by atoms with Gasteiger partial charge in [-0.1, -0.05) is 54.2 Å². The monoisotopic (exact) mass is 382 g/mol. The molecule has 7 heteroatoms. The van der Waals surface area contributed by atoms with Crippen LogP contribution < -0.4 is 5.32 Å². The van der Waals surface area contributed by atoms with Crippen molar-refractivity contribution in [1.29, 1.82) is 0 Å². The van der Waals surface area contributed by atoms with Crippen molar-refractivity contribution in [2.24, 2.45) is 0 Å². The molecule has 3 rings (SSSR count). The van der Waals surface area contributed by atoms with E-state index >= 15 is 0 Å². The first kappa shape index (κ1) is 19.1. The van der Waals surface area contributed by atoms with Crippen molar-refractivity contribution in [3.05, 3.63) is 60.2 Å². The van der Waals surface area contributed by atoms with Gasteiger partial charge in [-0.25, -0.2) is 0 Å². The summed E-state index contributed by atoms with van der Waals surface area (Å²) in [6.45, 7) is 3.16. The van der Waals surface area contributed by atoms with E-state index in [-0.39, 0.29) is 11.7 Å². The van der Waals surface area contributed by atoms with E-state index in [1.165, 1.54) is 11.8 Å². The molecule has 3 aromatic rings. The standard InChI is InChI=1S/C20H22N4O2S/c1-15-7-6-10-17(13-15)21-18(25)14-27-20-23-22-19(24(20)11-12-26-2)16-8-4-3-5-9-16/h3-10,13H,11-12,14H2,1-2H3,(H,21,25). The molecule has 0 aliphatic heterocycles. The SMILES string of the molecule is COCCn1c(SCC(=O)Nc2cccc(C)c2)nnc1-c1ccccc1. The summed E-state index contributed by atoms with van der Waals surface area (Å²) in [5.41, 5.74) is 2.89. The lowest BCUT2D eigenvalue weighted by molar-refractivity contribution is -0.113. The summed E-state index contributed by atoms with van der Waals surface area (Å²) >= 11 is 1.37. The predicted octanol–water partition coefficient (Wildman–Crippen LogP) is 3.63. The maximum Gasteiger partial charge on any atom is 0.234 e. The fourth-order valence-electron chi connectivity index (χ4n) is 2.63. The molecular formula is C20H22N4O2S. The van der Waals surface area contributed by atoms with Crippen LogP contribution in [-0.4, -0.2) is 40.1 Å². The van der Waals surface area contributed by atoms with Gasteiger partial charge in [0.1, 0.15) is 0 Å². The maximum absolute atomic E-state index is 12.3. The lowest BCUT2D eigenvalue weighted by Crippen LogP contribution is -2.15. The molecule has 0 bridgehead atoms. The van der Waals surface area contributed by atoms with E-state index in [0.29, 0.717) is 18.3 Å². The third-order valence-corrected chi connectivity index (χ3v) is 4.87. The molecule has 0 saturated heterocycles. The Balaban J connectivity index is 1.70. The molecule has 1 N–H and O–H groups in total. The van der Waals surface area contributed by atoms with Crippen molar-refractivity contribution < 1.29 is 9.53 Å². The second kappa shape index (κ2) is 9.34. The van der Waals surface area contributed by atoms with E-state index in [0.717, 1.165) is 22.6 Å². The lowest BCUT2D eigenvalue weighted by Gasteiger charge is -2.10. The average Bonchev–Trinajstić information content (AvgIpc) is 3.08. The van der Waals surface area contributed by atoms with Crippen molar-refractivity contribution in [3.63, 3.8) is 0 Å². The van der Waals surface area contributed by atoms with Gasteiger partial charge in [0.2, 0.25) is 5.91 Å². The highest BCUT2D eigenvalue weighted by molar-refractivity contribution is 7.99. The molecule has 0 saturated carbocycles. The van der Waals surface area contributed by atoms with Crippen LogP contribution in [-0.2, 0) is 16.1 Å². The number of thioether (sulfide) groups is 1. The number of nitrogens with zero attached hydrogens (tertiary/aromatic N) is 3. The van der Waals surface area contributed by atoms with Crippen molar-refractivity contribution in [2.75, 3.05) is 24.8 Å². The number of nitrogens with one attached hydrogen (secondary N) is 1. The number of methoxy groups -OCH3 is 1. The van der Waals surface area contributed by atoms with E-state index in [4.69, 9.17) is 4.74 Å². The summed E-state index contributed by atoms with van der Waals surface area (Å²) in [4.78, 5) is 12.3. The van der Waals surface area contributed by atoms with Crippen LogP contribution in [0.2, 0.25) is 0 Å². The van der Waals surface area contributed by atoms with Crippen LogP contribution in [0.1, 0.15) is 5.56 Å². The number of rotatable bonds is 8. The summed E-state index contributed by atoms with van der Waals surface area (Å²) in [5.74, 6) is 0.954. The number of benzene rings is 2. The van der Waals surface area contributed by atoms with Crippen LogP contribution in [0.5, 0.6) is 0 Å². The van der Waals surface area contributed by atoms with Gasteiger partial charge in [0.15, 0.2) is 11.0 Å². The Kier molecular flexibility index (Phi) is 6.62. The number of amides is 1. The molecule has 0 aliphatic carbocycles. The van der Waals surface area contributed by atoms with Crippen molar-refractivity contribution in [2.45, 2.75) is 18.6 Å². The topological polar surface area (TPSA) is 69.0 Å². The zero-order valence-electron chi connectivity index (χ0n) is 15.4. The van der Waals surface area contributed by atoms with Gasteiger partial charge in [0.25, 0.3) is 0 Å². The number of aryl methyl sites for hydroxylation is 1. The first-order valence-corrected chi connectivity index (χ1v) is 9.63.